The van der Waals surface area contributed by atoms with Crippen LogP contribution in [-0.4, -0.2) is 49.6 Å². The van der Waals surface area contributed by atoms with Gasteiger partial charge < -0.3 is 5.11 Å². The molecule has 0 amide bonds. The molecule has 2 fully saturated rings. The summed E-state index contributed by atoms with van der Waals surface area (Å²) in [7, 11) is -4.34. The van der Waals surface area contributed by atoms with Gasteiger partial charge >= 0.3 is 5.97 Å². The summed E-state index contributed by atoms with van der Waals surface area (Å²) in [6.07, 6.45) is 2.89. The highest BCUT2D eigenvalue weighted by atomic mass is 32.2. The van der Waals surface area contributed by atoms with E-state index in [1.807, 2.05) is 4.90 Å². The molecule has 2 aliphatic rings. The molecular weight excluding hydrogens is 373 g/mol. The second-order valence-electron chi connectivity index (χ2n) is 6.91. The maximum absolute atomic E-state index is 13.7. The Kier molecular flexibility index (Phi) is 5.27. The van der Waals surface area contributed by atoms with Crippen LogP contribution in [0.5, 0.6) is 0 Å². The second kappa shape index (κ2) is 7.16. The third kappa shape index (κ3) is 4.36. The van der Waals surface area contributed by atoms with Gasteiger partial charge in [-0.2, -0.15) is 0 Å². The van der Waals surface area contributed by atoms with Crippen LogP contribution in [0.2, 0.25) is 0 Å². The number of hydrogen-bond acceptors (Lipinski definition) is 4. The predicted octanol–water partition coefficient (Wildman–Crippen LogP) is 1.71. The standard InChI is InChI=1S/C16H19F3N2O4S/c17-12-5-14(19)15(6-13(12)18)26(24,25)20-10-3-11(4-10)21(8-16(22)23)7-9-1-2-9/h5-6,9-11,20H,1-4,7-8H2,(H,22,23). The largest absolute Gasteiger partial charge is 0.480 e. The zero-order chi connectivity index (χ0) is 19.1. The zero-order valence-corrected chi connectivity index (χ0v) is 14.6. The zero-order valence-electron chi connectivity index (χ0n) is 13.8. The lowest BCUT2D eigenvalue weighted by atomic mass is 9.86. The molecule has 144 valence electrons. The fourth-order valence-corrected chi connectivity index (χ4v) is 4.46. The molecule has 0 bridgehead atoms. The summed E-state index contributed by atoms with van der Waals surface area (Å²) in [5, 5.41) is 9.00. The van der Waals surface area contributed by atoms with E-state index < -0.39 is 44.4 Å². The highest BCUT2D eigenvalue weighted by Gasteiger charge is 2.39. The third-order valence-corrected chi connectivity index (χ3v) is 6.28. The Balaban J connectivity index is 1.62. The summed E-state index contributed by atoms with van der Waals surface area (Å²) in [5.41, 5.74) is 0. The summed E-state index contributed by atoms with van der Waals surface area (Å²) in [4.78, 5) is 11.9. The van der Waals surface area contributed by atoms with Crippen molar-refractivity contribution in [3.63, 3.8) is 0 Å². The number of aliphatic carboxylic acids is 1. The minimum Gasteiger partial charge on any atom is -0.480 e. The summed E-state index contributed by atoms with van der Waals surface area (Å²) >= 11 is 0. The Labute approximate surface area is 149 Å². The summed E-state index contributed by atoms with van der Waals surface area (Å²) in [6.45, 7) is 0.548. The van der Waals surface area contributed by atoms with Crippen LogP contribution in [-0.2, 0) is 14.8 Å². The number of nitrogens with one attached hydrogen (secondary N) is 1. The van der Waals surface area contributed by atoms with E-state index in [1.165, 1.54) is 0 Å². The third-order valence-electron chi connectivity index (χ3n) is 4.74. The minimum absolute atomic E-state index is 0.0748. The molecule has 0 aromatic heterocycles. The first-order valence-corrected chi connectivity index (χ1v) is 9.76. The van der Waals surface area contributed by atoms with Gasteiger partial charge in [0, 0.05) is 24.7 Å². The lowest BCUT2D eigenvalue weighted by Gasteiger charge is -2.42. The molecule has 0 heterocycles. The number of hydrogen-bond donors (Lipinski definition) is 2. The molecular formula is C16H19F3N2O4S. The van der Waals surface area contributed by atoms with Crippen LogP contribution < -0.4 is 4.72 Å². The molecule has 6 nitrogen and oxygen atoms in total. The SMILES string of the molecule is O=C(O)CN(CC1CC1)C1CC(NS(=O)(=O)c2cc(F)c(F)cc2F)C1. The minimum atomic E-state index is -4.34. The number of benzene rings is 1. The molecule has 2 N–H and O–H groups in total. The van der Waals surface area contributed by atoms with E-state index in [9.17, 15) is 26.4 Å². The van der Waals surface area contributed by atoms with Gasteiger partial charge in [-0.3, -0.25) is 9.69 Å². The molecule has 0 spiro atoms. The topological polar surface area (TPSA) is 86.7 Å². The van der Waals surface area contributed by atoms with E-state index in [4.69, 9.17) is 5.11 Å². The molecule has 10 heteroatoms. The Hall–Kier alpha value is -1.65. The van der Waals surface area contributed by atoms with E-state index >= 15 is 0 Å². The molecule has 1 aromatic rings. The van der Waals surface area contributed by atoms with Gasteiger partial charge in [0.2, 0.25) is 10.0 Å². The first-order valence-electron chi connectivity index (χ1n) is 8.28. The molecule has 1 aromatic carbocycles. The van der Waals surface area contributed by atoms with Crippen LogP contribution >= 0.6 is 0 Å². The van der Waals surface area contributed by atoms with Gasteiger partial charge in [-0.25, -0.2) is 26.3 Å². The Morgan fingerprint density at radius 3 is 2.35 bits per heavy atom. The van der Waals surface area contributed by atoms with E-state index in [2.05, 4.69) is 4.72 Å². The molecule has 0 atom stereocenters. The highest BCUT2D eigenvalue weighted by Crippen LogP contribution is 2.34. The molecule has 0 aliphatic heterocycles. The molecule has 0 unspecified atom stereocenters. The van der Waals surface area contributed by atoms with Crippen molar-refractivity contribution in [2.45, 2.75) is 42.7 Å². The van der Waals surface area contributed by atoms with Gasteiger partial charge in [0.25, 0.3) is 0 Å². The van der Waals surface area contributed by atoms with Gasteiger partial charge in [-0.15, -0.1) is 0 Å². The van der Waals surface area contributed by atoms with Crippen molar-refractivity contribution in [2.75, 3.05) is 13.1 Å². The van der Waals surface area contributed by atoms with Crippen LogP contribution in [0.3, 0.4) is 0 Å². The molecule has 3 rings (SSSR count). The van der Waals surface area contributed by atoms with Crippen molar-refractivity contribution in [1.82, 2.24) is 9.62 Å². The number of halogens is 3. The first-order chi connectivity index (χ1) is 12.2. The lowest BCUT2D eigenvalue weighted by Crippen LogP contribution is -2.55. The van der Waals surface area contributed by atoms with Crippen LogP contribution in [0, 0.1) is 23.4 Å². The molecule has 2 aliphatic carbocycles. The molecule has 0 saturated heterocycles. The van der Waals surface area contributed by atoms with E-state index in [-0.39, 0.29) is 18.7 Å². The number of sulfonamides is 1. The van der Waals surface area contributed by atoms with E-state index in [0.29, 0.717) is 31.4 Å². The lowest BCUT2D eigenvalue weighted by molar-refractivity contribution is -0.139. The Morgan fingerprint density at radius 1 is 1.15 bits per heavy atom. The first kappa shape index (κ1) is 19.1. The quantitative estimate of drug-likeness (QED) is 0.658. The van der Waals surface area contributed by atoms with E-state index in [0.717, 1.165) is 12.8 Å². The smallest absolute Gasteiger partial charge is 0.317 e. The number of carbonyl (C=O) groups is 1. The second-order valence-corrected chi connectivity index (χ2v) is 8.59. The monoisotopic (exact) mass is 392 g/mol. The fraction of sp³-hybridized carbons (Fsp3) is 0.562. The van der Waals surface area contributed by atoms with Crippen LogP contribution in [0.25, 0.3) is 0 Å². The van der Waals surface area contributed by atoms with Gasteiger partial charge in [0.05, 0.1) is 6.54 Å². The maximum atomic E-state index is 13.7. The van der Waals surface area contributed by atoms with E-state index in [1.54, 1.807) is 0 Å². The van der Waals surface area contributed by atoms with Gasteiger partial charge in [-0.1, -0.05) is 0 Å². The van der Waals surface area contributed by atoms with Crippen molar-refractivity contribution in [3.05, 3.63) is 29.6 Å². The van der Waals surface area contributed by atoms with Crippen molar-refractivity contribution in [1.29, 1.82) is 0 Å². The van der Waals surface area contributed by atoms with Gasteiger partial charge in [0.15, 0.2) is 11.6 Å². The van der Waals surface area contributed by atoms with Gasteiger partial charge in [-0.05, 0) is 37.7 Å². The molecule has 2 saturated carbocycles. The summed E-state index contributed by atoms with van der Waals surface area (Å²) in [5.74, 6) is -4.74. The van der Waals surface area contributed by atoms with Crippen molar-refractivity contribution in [3.8, 4) is 0 Å². The normalized spacial score (nSPS) is 23.1. The van der Waals surface area contributed by atoms with Crippen molar-refractivity contribution < 1.29 is 31.5 Å². The van der Waals surface area contributed by atoms with Crippen LogP contribution in [0.15, 0.2) is 17.0 Å². The summed E-state index contributed by atoms with van der Waals surface area (Å²) in [6, 6.07) is -0.0766. The average molecular weight is 392 g/mol. The number of carboxylic acids is 1. The Bertz CT molecular complexity index is 808. The number of carboxylic acid groups (broad SMARTS) is 1. The average Bonchev–Trinajstić information content (AvgIpc) is 3.29. The molecule has 0 radical (unpaired) electrons. The van der Waals surface area contributed by atoms with Crippen LogP contribution in [0.4, 0.5) is 13.2 Å². The fourth-order valence-electron chi connectivity index (χ4n) is 3.12. The van der Waals surface area contributed by atoms with Crippen LogP contribution in [0.1, 0.15) is 25.7 Å². The molecule has 26 heavy (non-hydrogen) atoms. The summed E-state index contributed by atoms with van der Waals surface area (Å²) < 4.78 is 66.6. The number of nitrogens with zero attached hydrogens (tertiary/aromatic N) is 1. The highest BCUT2D eigenvalue weighted by molar-refractivity contribution is 7.89. The Morgan fingerprint density at radius 2 is 1.77 bits per heavy atom. The van der Waals surface area contributed by atoms with Crippen molar-refractivity contribution >= 4 is 16.0 Å². The maximum Gasteiger partial charge on any atom is 0.317 e. The number of rotatable bonds is 8. The van der Waals surface area contributed by atoms with Crippen molar-refractivity contribution in [2.24, 2.45) is 5.92 Å². The van der Waals surface area contributed by atoms with Gasteiger partial charge in [0.1, 0.15) is 10.7 Å². The predicted molar refractivity (Wildman–Crippen MR) is 85.4 cm³/mol.